The van der Waals surface area contributed by atoms with E-state index in [1.54, 1.807) is 19.9 Å². The second-order valence-electron chi connectivity index (χ2n) is 3.95. The monoisotopic (exact) mass is 263 g/mol. The van der Waals surface area contributed by atoms with Crippen molar-refractivity contribution in [3.05, 3.63) is 12.7 Å². The number of sulfonamides is 1. The lowest BCUT2D eigenvalue weighted by atomic mass is 10.3. The molecule has 0 spiro atoms. The van der Waals surface area contributed by atoms with Crippen molar-refractivity contribution in [2.45, 2.75) is 32.7 Å². The van der Waals surface area contributed by atoms with Crippen LogP contribution in [0.1, 0.15) is 26.7 Å². The molecule has 100 valence electrons. The number of methoxy groups -OCH3 is 1. The SMILES string of the molecule is C=CCN(C(C)C)S(=O)(=O)CCCC(=O)OC. The summed E-state index contributed by atoms with van der Waals surface area (Å²) in [5.74, 6) is -0.436. The van der Waals surface area contributed by atoms with Crippen LogP contribution >= 0.6 is 0 Å². The van der Waals surface area contributed by atoms with Gasteiger partial charge in [-0.25, -0.2) is 8.42 Å². The molecule has 0 amide bonds. The van der Waals surface area contributed by atoms with Crippen LogP contribution in [-0.2, 0) is 19.6 Å². The van der Waals surface area contributed by atoms with Crippen LogP contribution in [0.4, 0.5) is 0 Å². The smallest absolute Gasteiger partial charge is 0.305 e. The first kappa shape index (κ1) is 16.1. The fourth-order valence-corrected chi connectivity index (χ4v) is 3.11. The first-order valence-electron chi connectivity index (χ1n) is 5.52. The summed E-state index contributed by atoms with van der Waals surface area (Å²) in [6, 6.07) is -0.115. The number of esters is 1. The summed E-state index contributed by atoms with van der Waals surface area (Å²) in [4.78, 5) is 10.9. The number of ether oxygens (including phenoxy) is 1. The zero-order chi connectivity index (χ0) is 13.5. The molecule has 0 aliphatic heterocycles. The average Bonchev–Trinajstić information content (AvgIpc) is 2.24. The molecule has 0 aliphatic carbocycles. The van der Waals surface area contributed by atoms with Crippen molar-refractivity contribution in [3.63, 3.8) is 0 Å². The molecule has 0 atom stereocenters. The highest BCUT2D eigenvalue weighted by atomic mass is 32.2. The number of carbonyl (C=O) groups is 1. The van der Waals surface area contributed by atoms with Gasteiger partial charge in [-0.1, -0.05) is 6.08 Å². The molecule has 0 fully saturated rings. The molecular weight excluding hydrogens is 242 g/mol. The Hall–Kier alpha value is -0.880. The summed E-state index contributed by atoms with van der Waals surface area (Å²) < 4.78 is 29.7. The van der Waals surface area contributed by atoms with E-state index in [9.17, 15) is 13.2 Å². The lowest BCUT2D eigenvalue weighted by molar-refractivity contribution is -0.140. The molecule has 5 nitrogen and oxygen atoms in total. The standard InChI is InChI=1S/C11H21NO4S/c1-5-8-12(10(2)3)17(14,15)9-6-7-11(13)16-4/h5,10H,1,6-9H2,2-4H3. The molecule has 0 aromatic carbocycles. The van der Waals surface area contributed by atoms with Crippen LogP contribution in [0.2, 0.25) is 0 Å². The summed E-state index contributed by atoms with van der Waals surface area (Å²) in [7, 11) is -2.05. The Bertz CT molecular complexity index is 348. The maximum absolute atomic E-state index is 12.0. The van der Waals surface area contributed by atoms with E-state index in [1.807, 2.05) is 0 Å². The highest BCUT2D eigenvalue weighted by Gasteiger charge is 2.23. The summed E-state index contributed by atoms with van der Waals surface area (Å²) >= 11 is 0. The topological polar surface area (TPSA) is 63.7 Å². The average molecular weight is 263 g/mol. The molecule has 0 saturated heterocycles. The van der Waals surface area contributed by atoms with E-state index in [-0.39, 0.29) is 37.2 Å². The minimum absolute atomic E-state index is 0.0475. The summed E-state index contributed by atoms with van der Waals surface area (Å²) in [5, 5.41) is 0. The van der Waals surface area contributed by atoms with Gasteiger partial charge in [0.1, 0.15) is 0 Å². The number of rotatable bonds is 8. The van der Waals surface area contributed by atoms with Crippen molar-refractivity contribution in [1.29, 1.82) is 0 Å². The highest BCUT2D eigenvalue weighted by molar-refractivity contribution is 7.89. The molecule has 0 saturated carbocycles. The Labute approximate surface area is 103 Å². The molecule has 0 aromatic heterocycles. The minimum atomic E-state index is -3.33. The van der Waals surface area contributed by atoms with Gasteiger partial charge in [0.15, 0.2) is 0 Å². The third kappa shape index (κ3) is 5.83. The number of nitrogens with zero attached hydrogens (tertiary/aromatic N) is 1. The first-order chi connectivity index (χ1) is 7.85. The van der Waals surface area contributed by atoms with Gasteiger partial charge < -0.3 is 4.74 Å². The molecular formula is C11H21NO4S. The van der Waals surface area contributed by atoms with Crippen LogP contribution in [0.15, 0.2) is 12.7 Å². The number of hydrogen-bond donors (Lipinski definition) is 0. The van der Waals surface area contributed by atoms with E-state index in [1.165, 1.54) is 11.4 Å². The Morgan fingerprint density at radius 1 is 1.47 bits per heavy atom. The summed E-state index contributed by atoms with van der Waals surface area (Å²) in [5.41, 5.74) is 0. The molecule has 0 radical (unpaired) electrons. The van der Waals surface area contributed by atoms with Crippen LogP contribution in [0, 0.1) is 0 Å². The number of carbonyl (C=O) groups excluding carboxylic acids is 1. The Kier molecular flexibility index (Phi) is 7.06. The molecule has 0 heterocycles. The predicted octanol–water partition coefficient (Wildman–Crippen LogP) is 1.17. The van der Waals surface area contributed by atoms with Crippen molar-refractivity contribution in [2.24, 2.45) is 0 Å². The Morgan fingerprint density at radius 2 is 2.06 bits per heavy atom. The van der Waals surface area contributed by atoms with E-state index in [2.05, 4.69) is 11.3 Å². The van der Waals surface area contributed by atoms with Gasteiger partial charge in [0.05, 0.1) is 12.9 Å². The normalized spacial score (nSPS) is 11.8. The van der Waals surface area contributed by atoms with Crippen molar-refractivity contribution < 1.29 is 17.9 Å². The van der Waals surface area contributed by atoms with Crippen LogP contribution in [0.25, 0.3) is 0 Å². The van der Waals surface area contributed by atoms with E-state index < -0.39 is 10.0 Å². The quantitative estimate of drug-likeness (QED) is 0.487. The van der Waals surface area contributed by atoms with E-state index >= 15 is 0 Å². The molecule has 0 unspecified atom stereocenters. The lowest BCUT2D eigenvalue weighted by Crippen LogP contribution is -2.38. The van der Waals surface area contributed by atoms with Gasteiger partial charge in [0.25, 0.3) is 0 Å². The van der Waals surface area contributed by atoms with E-state index in [0.29, 0.717) is 0 Å². The van der Waals surface area contributed by atoms with Gasteiger partial charge in [-0.3, -0.25) is 4.79 Å². The molecule has 0 rings (SSSR count). The van der Waals surface area contributed by atoms with Crippen LogP contribution in [0.5, 0.6) is 0 Å². The third-order valence-corrected chi connectivity index (χ3v) is 4.34. The van der Waals surface area contributed by atoms with Crippen LogP contribution in [0.3, 0.4) is 0 Å². The van der Waals surface area contributed by atoms with Gasteiger partial charge in [-0.15, -0.1) is 6.58 Å². The maximum atomic E-state index is 12.0. The first-order valence-corrected chi connectivity index (χ1v) is 7.13. The highest BCUT2D eigenvalue weighted by Crippen LogP contribution is 2.10. The van der Waals surface area contributed by atoms with Crippen LogP contribution < -0.4 is 0 Å². The minimum Gasteiger partial charge on any atom is -0.469 e. The largest absolute Gasteiger partial charge is 0.469 e. The lowest BCUT2D eigenvalue weighted by Gasteiger charge is -2.24. The second kappa shape index (κ2) is 7.45. The molecule has 0 aromatic rings. The number of hydrogen-bond acceptors (Lipinski definition) is 4. The van der Waals surface area contributed by atoms with Crippen molar-refractivity contribution in [3.8, 4) is 0 Å². The zero-order valence-electron chi connectivity index (χ0n) is 10.7. The van der Waals surface area contributed by atoms with Gasteiger partial charge in [-0.05, 0) is 20.3 Å². The van der Waals surface area contributed by atoms with Crippen molar-refractivity contribution >= 4 is 16.0 Å². The van der Waals surface area contributed by atoms with Gasteiger partial charge in [-0.2, -0.15) is 4.31 Å². The summed E-state index contributed by atoms with van der Waals surface area (Å²) in [6.45, 7) is 7.44. The Morgan fingerprint density at radius 3 is 2.47 bits per heavy atom. The molecule has 0 bridgehead atoms. The van der Waals surface area contributed by atoms with Gasteiger partial charge in [0, 0.05) is 19.0 Å². The molecule has 0 N–H and O–H groups in total. The van der Waals surface area contributed by atoms with E-state index in [4.69, 9.17) is 0 Å². The molecule has 0 aliphatic rings. The van der Waals surface area contributed by atoms with Gasteiger partial charge in [0.2, 0.25) is 10.0 Å². The molecule has 17 heavy (non-hydrogen) atoms. The summed E-state index contributed by atoms with van der Waals surface area (Å²) in [6.07, 6.45) is 1.95. The fraction of sp³-hybridized carbons (Fsp3) is 0.727. The van der Waals surface area contributed by atoms with E-state index in [0.717, 1.165) is 0 Å². The predicted molar refractivity (Wildman–Crippen MR) is 67.1 cm³/mol. The third-order valence-electron chi connectivity index (χ3n) is 2.25. The second-order valence-corrected chi connectivity index (χ2v) is 5.99. The molecule has 6 heteroatoms. The Balaban J connectivity index is 4.43. The van der Waals surface area contributed by atoms with Crippen LogP contribution in [-0.4, -0.2) is 44.1 Å². The van der Waals surface area contributed by atoms with Crippen molar-refractivity contribution in [2.75, 3.05) is 19.4 Å². The van der Waals surface area contributed by atoms with Gasteiger partial charge >= 0.3 is 5.97 Å². The maximum Gasteiger partial charge on any atom is 0.305 e. The van der Waals surface area contributed by atoms with Crippen molar-refractivity contribution in [1.82, 2.24) is 4.31 Å². The zero-order valence-corrected chi connectivity index (χ0v) is 11.5. The fourth-order valence-electron chi connectivity index (χ4n) is 1.39.